The molecule has 1 aliphatic carbocycles. The second-order valence-electron chi connectivity index (χ2n) is 4.15. The molecule has 0 aliphatic heterocycles. The van der Waals surface area contributed by atoms with Crippen LogP contribution >= 0.6 is 0 Å². The largest absolute Gasteiger partial charge is 0.393 e. The van der Waals surface area contributed by atoms with E-state index in [0.717, 1.165) is 12.5 Å². The van der Waals surface area contributed by atoms with Crippen molar-refractivity contribution in [3.8, 4) is 0 Å². The van der Waals surface area contributed by atoms with Gasteiger partial charge in [-0.2, -0.15) is 0 Å². The van der Waals surface area contributed by atoms with Crippen LogP contribution in [0.3, 0.4) is 0 Å². The molecule has 82 valence electrons. The predicted octanol–water partition coefficient (Wildman–Crippen LogP) is 2.84. The van der Waals surface area contributed by atoms with Crippen molar-refractivity contribution >= 4 is 0 Å². The third-order valence-corrected chi connectivity index (χ3v) is 3.34. The minimum absolute atomic E-state index is 0.0469. The molecule has 1 aromatic rings. The molecule has 3 heteroatoms. The van der Waals surface area contributed by atoms with E-state index in [2.05, 4.69) is 0 Å². The van der Waals surface area contributed by atoms with Crippen LogP contribution in [-0.2, 0) is 0 Å². The number of hydrogen-bond acceptors (Lipinski definition) is 1. The molecule has 1 aromatic carbocycles. The highest BCUT2D eigenvalue weighted by Gasteiger charge is 2.40. The van der Waals surface area contributed by atoms with Crippen LogP contribution in [0.15, 0.2) is 18.2 Å². The van der Waals surface area contributed by atoms with Gasteiger partial charge in [-0.3, -0.25) is 0 Å². The van der Waals surface area contributed by atoms with Crippen molar-refractivity contribution in [2.45, 2.75) is 31.8 Å². The average molecular weight is 212 g/mol. The van der Waals surface area contributed by atoms with Gasteiger partial charge in [0.1, 0.15) is 11.6 Å². The van der Waals surface area contributed by atoms with Crippen LogP contribution in [0.2, 0.25) is 0 Å². The molecule has 1 aliphatic rings. The lowest BCUT2D eigenvalue weighted by Gasteiger charge is -2.41. The average Bonchev–Trinajstić information content (AvgIpc) is 2.16. The molecule has 2 rings (SSSR count). The van der Waals surface area contributed by atoms with E-state index in [4.69, 9.17) is 0 Å². The summed E-state index contributed by atoms with van der Waals surface area (Å²) in [7, 11) is 0. The Labute approximate surface area is 87.7 Å². The van der Waals surface area contributed by atoms with Gasteiger partial charge in [0, 0.05) is 6.07 Å². The molecule has 0 spiro atoms. The van der Waals surface area contributed by atoms with Crippen LogP contribution in [0.1, 0.15) is 31.2 Å². The normalized spacial score (nSPS) is 30.0. The molecule has 3 unspecified atom stereocenters. The first kappa shape index (κ1) is 10.6. The van der Waals surface area contributed by atoms with Gasteiger partial charge in [0.05, 0.1) is 6.10 Å². The van der Waals surface area contributed by atoms with Crippen molar-refractivity contribution in [1.29, 1.82) is 0 Å². The van der Waals surface area contributed by atoms with E-state index in [1.807, 2.05) is 6.92 Å². The number of aliphatic hydroxyl groups is 1. The Morgan fingerprint density at radius 3 is 2.67 bits per heavy atom. The predicted molar refractivity (Wildman–Crippen MR) is 53.5 cm³/mol. The first-order chi connectivity index (χ1) is 7.13. The van der Waals surface area contributed by atoms with Crippen molar-refractivity contribution in [3.05, 3.63) is 35.4 Å². The quantitative estimate of drug-likeness (QED) is 0.799. The highest BCUT2D eigenvalue weighted by molar-refractivity contribution is 5.26. The third kappa shape index (κ3) is 1.76. The minimum Gasteiger partial charge on any atom is -0.393 e. The van der Waals surface area contributed by atoms with E-state index in [-0.39, 0.29) is 17.9 Å². The Balaban J connectivity index is 2.23. The van der Waals surface area contributed by atoms with Crippen LogP contribution in [0, 0.1) is 17.6 Å². The Bertz CT molecular complexity index is 365. The molecule has 1 N–H and O–H groups in total. The van der Waals surface area contributed by atoms with Crippen LogP contribution in [-0.4, -0.2) is 11.2 Å². The summed E-state index contributed by atoms with van der Waals surface area (Å²) in [6.07, 6.45) is 1.08. The third-order valence-electron chi connectivity index (χ3n) is 3.34. The summed E-state index contributed by atoms with van der Waals surface area (Å²) >= 11 is 0. The van der Waals surface area contributed by atoms with Gasteiger partial charge in [-0.05, 0) is 29.9 Å². The van der Waals surface area contributed by atoms with Crippen LogP contribution < -0.4 is 0 Å². The summed E-state index contributed by atoms with van der Waals surface area (Å²) < 4.78 is 26.1. The molecule has 15 heavy (non-hydrogen) atoms. The molecule has 1 fully saturated rings. The zero-order valence-electron chi connectivity index (χ0n) is 8.58. The van der Waals surface area contributed by atoms with Crippen molar-refractivity contribution < 1.29 is 13.9 Å². The summed E-state index contributed by atoms with van der Waals surface area (Å²) in [4.78, 5) is 0. The van der Waals surface area contributed by atoms with Gasteiger partial charge < -0.3 is 5.11 Å². The van der Waals surface area contributed by atoms with E-state index in [0.29, 0.717) is 12.0 Å². The number of rotatable bonds is 2. The maximum absolute atomic E-state index is 13.4. The lowest BCUT2D eigenvalue weighted by atomic mass is 9.66. The van der Waals surface area contributed by atoms with Gasteiger partial charge in [-0.15, -0.1) is 0 Å². The number of aliphatic hydroxyl groups excluding tert-OH is 1. The summed E-state index contributed by atoms with van der Waals surface area (Å²) in [5, 5.41) is 9.49. The summed E-state index contributed by atoms with van der Waals surface area (Å²) in [5.74, 6) is -0.884. The van der Waals surface area contributed by atoms with Crippen molar-refractivity contribution in [2.24, 2.45) is 5.92 Å². The number of benzene rings is 1. The van der Waals surface area contributed by atoms with Crippen LogP contribution in [0.25, 0.3) is 0 Å². The summed E-state index contributed by atoms with van der Waals surface area (Å²) in [6.45, 7) is 1.97. The van der Waals surface area contributed by atoms with E-state index < -0.39 is 11.6 Å². The molecule has 0 bridgehead atoms. The Morgan fingerprint density at radius 2 is 2.13 bits per heavy atom. The molecule has 0 radical (unpaired) electrons. The first-order valence-corrected chi connectivity index (χ1v) is 5.26. The topological polar surface area (TPSA) is 20.2 Å². The fraction of sp³-hybridized carbons (Fsp3) is 0.500. The zero-order valence-corrected chi connectivity index (χ0v) is 8.58. The Kier molecular flexibility index (Phi) is 2.74. The second-order valence-corrected chi connectivity index (χ2v) is 4.15. The lowest BCUT2D eigenvalue weighted by molar-refractivity contribution is -0.00185. The van der Waals surface area contributed by atoms with E-state index in [1.54, 1.807) is 0 Å². The fourth-order valence-electron chi connectivity index (χ4n) is 2.40. The van der Waals surface area contributed by atoms with Gasteiger partial charge in [-0.25, -0.2) is 8.78 Å². The molecule has 0 amide bonds. The molecular weight excluding hydrogens is 198 g/mol. The minimum atomic E-state index is -0.552. The second kappa shape index (κ2) is 3.89. The van der Waals surface area contributed by atoms with Crippen molar-refractivity contribution in [2.75, 3.05) is 0 Å². The van der Waals surface area contributed by atoms with Crippen LogP contribution in [0.4, 0.5) is 8.78 Å². The molecular formula is C12H14F2O. The highest BCUT2D eigenvalue weighted by Crippen LogP contribution is 2.45. The Hall–Kier alpha value is -0.960. The summed E-state index contributed by atoms with van der Waals surface area (Å²) in [6, 6.07) is 3.67. The van der Waals surface area contributed by atoms with Crippen molar-refractivity contribution in [1.82, 2.24) is 0 Å². The van der Waals surface area contributed by atoms with E-state index in [9.17, 15) is 13.9 Å². The van der Waals surface area contributed by atoms with Gasteiger partial charge >= 0.3 is 0 Å². The van der Waals surface area contributed by atoms with Crippen molar-refractivity contribution in [3.63, 3.8) is 0 Å². The molecule has 1 saturated carbocycles. The van der Waals surface area contributed by atoms with Gasteiger partial charge in [0.2, 0.25) is 0 Å². The zero-order chi connectivity index (χ0) is 11.0. The molecule has 0 aromatic heterocycles. The Morgan fingerprint density at radius 1 is 1.40 bits per heavy atom. The molecule has 0 heterocycles. The van der Waals surface area contributed by atoms with Gasteiger partial charge in [0.15, 0.2) is 0 Å². The summed E-state index contributed by atoms with van der Waals surface area (Å²) in [5.41, 5.74) is 0.536. The lowest BCUT2D eigenvalue weighted by Crippen LogP contribution is -2.39. The number of hydrogen-bond donors (Lipinski definition) is 1. The van der Waals surface area contributed by atoms with E-state index >= 15 is 0 Å². The van der Waals surface area contributed by atoms with E-state index in [1.165, 1.54) is 12.1 Å². The highest BCUT2D eigenvalue weighted by atomic mass is 19.1. The van der Waals surface area contributed by atoms with Crippen LogP contribution in [0.5, 0.6) is 0 Å². The number of halogens is 2. The van der Waals surface area contributed by atoms with Gasteiger partial charge in [-0.1, -0.05) is 19.4 Å². The SMILES string of the molecule is CCC1C(O)CC1c1ccc(F)cc1F. The monoisotopic (exact) mass is 212 g/mol. The van der Waals surface area contributed by atoms with Gasteiger partial charge in [0.25, 0.3) is 0 Å². The maximum atomic E-state index is 13.4. The smallest absolute Gasteiger partial charge is 0.129 e. The molecule has 0 saturated heterocycles. The maximum Gasteiger partial charge on any atom is 0.129 e. The molecule has 1 nitrogen and oxygen atoms in total. The molecule has 3 atom stereocenters. The fourth-order valence-corrected chi connectivity index (χ4v) is 2.40. The standard InChI is InChI=1S/C12H14F2O/c1-2-8-10(6-12(8)15)9-4-3-7(13)5-11(9)14/h3-5,8,10,12,15H,2,6H2,1H3. The first-order valence-electron chi connectivity index (χ1n) is 5.26.